The quantitative estimate of drug-likeness (QED) is 0.719. The second kappa shape index (κ2) is 7.25. The van der Waals surface area contributed by atoms with E-state index in [2.05, 4.69) is 26.0 Å². The van der Waals surface area contributed by atoms with Crippen LogP contribution in [0, 0.1) is 13.8 Å². The second-order valence-electron chi connectivity index (χ2n) is 3.82. The molecule has 0 aliphatic rings. The third-order valence-corrected chi connectivity index (χ3v) is 2.35. The van der Waals surface area contributed by atoms with Crippen LogP contribution in [0.25, 0.3) is 0 Å². The molecule has 0 unspecified atom stereocenters. The molecule has 0 aliphatic carbocycles. The maximum absolute atomic E-state index is 5.74. The molecule has 0 saturated heterocycles. The van der Waals surface area contributed by atoms with E-state index in [0.717, 1.165) is 12.2 Å². The Morgan fingerprint density at radius 2 is 1.75 bits per heavy atom. The van der Waals surface area contributed by atoms with Crippen LogP contribution in [-0.2, 0) is 4.74 Å². The Labute approximate surface area is 97.6 Å². The van der Waals surface area contributed by atoms with Crippen molar-refractivity contribution >= 4 is 0 Å². The molecule has 0 aromatic heterocycles. The highest BCUT2D eigenvalue weighted by atomic mass is 16.5. The molecule has 0 bridgehead atoms. The van der Waals surface area contributed by atoms with Crippen LogP contribution in [0.5, 0.6) is 5.75 Å². The minimum atomic E-state index is 0.581. The number of para-hydroxylation sites is 1. The van der Waals surface area contributed by atoms with Gasteiger partial charge >= 0.3 is 0 Å². The number of benzene rings is 1. The van der Waals surface area contributed by atoms with Gasteiger partial charge in [-0.25, -0.2) is 0 Å². The summed E-state index contributed by atoms with van der Waals surface area (Å²) in [4.78, 5) is 0. The first kappa shape index (κ1) is 13.0. The highest BCUT2D eigenvalue weighted by Gasteiger charge is 2.02. The molecular formula is C13H21NO2. The summed E-state index contributed by atoms with van der Waals surface area (Å²) in [7, 11) is 0. The van der Waals surface area contributed by atoms with Crippen LogP contribution in [0.3, 0.4) is 0 Å². The summed E-state index contributed by atoms with van der Waals surface area (Å²) in [5.41, 5.74) is 7.68. The maximum Gasteiger partial charge on any atom is 0.125 e. The molecule has 2 N–H and O–H groups in total. The minimum absolute atomic E-state index is 0.581. The van der Waals surface area contributed by atoms with Gasteiger partial charge in [0.1, 0.15) is 5.75 Å². The number of ether oxygens (including phenoxy) is 2. The van der Waals surface area contributed by atoms with Gasteiger partial charge in [-0.05, 0) is 25.0 Å². The molecule has 1 aromatic carbocycles. The van der Waals surface area contributed by atoms with E-state index in [1.54, 1.807) is 0 Å². The molecule has 0 spiro atoms. The molecule has 0 saturated carbocycles. The first-order valence-electron chi connectivity index (χ1n) is 5.72. The zero-order valence-electron chi connectivity index (χ0n) is 10.2. The molecular weight excluding hydrogens is 202 g/mol. The number of aryl methyl sites for hydroxylation is 2. The van der Waals surface area contributed by atoms with Gasteiger partial charge in [0.25, 0.3) is 0 Å². The lowest BCUT2D eigenvalue weighted by molar-refractivity contribution is 0.125. The van der Waals surface area contributed by atoms with Crippen molar-refractivity contribution in [2.45, 2.75) is 20.3 Å². The van der Waals surface area contributed by atoms with Crippen LogP contribution < -0.4 is 10.5 Å². The molecule has 0 atom stereocenters. The van der Waals surface area contributed by atoms with Crippen LogP contribution in [0.2, 0.25) is 0 Å². The number of hydrogen-bond donors (Lipinski definition) is 1. The maximum atomic E-state index is 5.74. The molecule has 3 nitrogen and oxygen atoms in total. The van der Waals surface area contributed by atoms with Crippen molar-refractivity contribution in [3.05, 3.63) is 29.3 Å². The van der Waals surface area contributed by atoms with Crippen LogP contribution in [0.4, 0.5) is 0 Å². The van der Waals surface area contributed by atoms with E-state index < -0.39 is 0 Å². The molecule has 0 aliphatic heterocycles. The molecule has 0 heterocycles. The Morgan fingerprint density at radius 3 is 2.38 bits per heavy atom. The highest BCUT2D eigenvalue weighted by Crippen LogP contribution is 2.22. The van der Waals surface area contributed by atoms with E-state index in [1.807, 2.05) is 6.07 Å². The summed E-state index contributed by atoms with van der Waals surface area (Å²) < 4.78 is 11.0. The largest absolute Gasteiger partial charge is 0.493 e. The smallest absolute Gasteiger partial charge is 0.125 e. The predicted molar refractivity (Wildman–Crippen MR) is 65.9 cm³/mol. The van der Waals surface area contributed by atoms with E-state index in [9.17, 15) is 0 Å². The second-order valence-corrected chi connectivity index (χ2v) is 3.82. The predicted octanol–water partition coefficient (Wildman–Crippen LogP) is 2.05. The minimum Gasteiger partial charge on any atom is -0.493 e. The van der Waals surface area contributed by atoms with Gasteiger partial charge in [0.15, 0.2) is 0 Å². The lowest BCUT2D eigenvalue weighted by Gasteiger charge is -2.11. The van der Waals surface area contributed by atoms with Crippen molar-refractivity contribution in [2.24, 2.45) is 5.73 Å². The van der Waals surface area contributed by atoms with E-state index in [-0.39, 0.29) is 0 Å². The zero-order chi connectivity index (χ0) is 11.8. The fourth-order valence-electron chi connectivity index (χ4n) is 1.55. The third kappa shape index (κ3) is 4.21. The number of hydrogen-bond acceptors (Lipinski definition) is 3. The summed E-state index contributed by atoms with van der Waals surface area (Å²) in [5, 5.41) is 0. The fraction of sp³-hybridized carbons (Fsp3) is 0.538. The summed E-state index contributed by atoms with van der Waals surface area (Å²) in [6.45, 7) is 6.74. The monoisotopic (exact) mass is 223 g/mol. The van der Waals surface area contributed by atoms with Crippen molar-refractivity contribution in [1.82, 2.24) is 0 Å². The topological polar surface area (TPSA) is 44.5 Å². The Morgan fingerprint density at radius 1 is 1.06 bits per heavy atom. The van der Waals surface area contributed by atoms with Gasteiger partial charge in [0.2, 0.25) is 0 Å². The van der Waals surface area contributed by atoms with E-state index in [1.165, 1.54) is 11.1 Å². The first-order chi connectivity index (χ1) is 7.75. The van der Waals surface area contributed by atoms with Crippen LogP contribution in [0.15, 0.2) is 18.2 Å². The van der Waals surface area contributed by atoms with Crippen LogP contribution in [-0.4, -0.2) is 26.4 Å². The molecule has 0 fully saturated rings. The molecule has 1 aromatic rings. The van der Waals surface area contributed by atoms with E-state index in [4.69, 9.17) is 15.2 Å². The average molecular weight is 223 g/mol. The zero-order valence-corrected chi connectivity index (χ0v) is 10.2. The molecule has 16 heavy (non-hydrogen) atoms. The molecule has 0 radical (unpaired) electrons. The lowest BCUT2D eigenvalue weighted by atomic mass is 10.1. The third-order valence-electron chi connectivity index (χ3n) is 2.35. The van der Waals surface area contributed by atoms with Crippen molar-refractivity contribution in [2.75, 3.05) is 26.4 Å². The SMILES string of the molecule is Cc1cccc(C)c1OCCCOCCN. The van der Waals surface area contributed by atoms with Gasteiger partial charge < -0.3 is 15.2 Å². The Kier molecular flexibility index (Phi) is 5.90. The molecule has 90 valence electrons. The molecule has 0 amide bonds. The summed E-state index contributed by atoms with van der Waals surface area (Å²) in [5.74, 6) is 1.00. The van der Waals surface area contributed by atoms with Crippen LogP contribution in [0.1, 0.15) is 17.5 Å². The van der Waals surface area contributed by atoms with Crippen LogP contribution >= 0.6 is 0 Å². The lowest BCUT2D eigenvalue weighted by Crippen LogP contribution is -2.11. The summed E-state index contributed by atoms with van der Waals surface area (Å²) >= 11 is 0. The number of rotatable bonds is 7. The Balaban J connectivity index is 2.26. The van der Waals surface area contributed by atoms with Crippen molar-refractivity contribution in [3.8, 4) is 5.75 Å². The van der Waals surface area contributed by atoms with Gasteiger partial charge in [-0.1, -0.05) is 18.2 Å². The summed E-state index contributed by atoms with van der Waals surface area (Å²) in [6, 6.07) is 6.17. The normalized spacial score (nSPS) is 10.4. The van der Waals surface area contributed by atoms with Gasteiger partial charge in [-0.2, -0.15) is 0 Å². The van der Waals surface area contributed by atoms with Gasteiger partial charge in [-0.3, -0.25) is 0 Å². The Bertz CT molecular complexity index is 293. The first-order valence-corrected chi connectivity index (χ1v) is 5.72. The standard InChI is InChI=1S/C13H21NO2/c1-11-5-3-6-12(2)13(11)16-9-4-8-15-10-7-14/h3,5-6H,4,7-10,14H2,1-2H3. The van der Waals surface area contributed by atoms with E-state index >= 15 is 0 Å². The highest BCUT2D eigenvalue weighted by molar-refractivity contribution is 5.39. The van der Waals surface area contributed by atoms with Crippen molar-refractivity contribution < 1.29 is 9.47 Å². The fourth-order valence-corrected chi connectivity index (χ4v) is 1.55. The van der Waals surface area contributed by atoms with Gasteiger partial charge in [-0.15, -0.1) is 0 Å². The number of nitrogens with two attached hydrogens (primary N) is 1. The van der Waals surface area contributed by atoms with E-state index in [0.29, 0.717) is 26.4 Å². The summed E-state index contributed by atoms with van der Waals surface area (Å²) in [6.07, 6.45) is 0.897. The van der Waals surface area contributed by atoms with Crippen molar-refractivity contribution in [3.63, 3.8) is 0 Å². The average Bonchev–Trinajstić information content (AvgIpc) is 2.26. The van der Waals surface area contributed by atoms with Gasteiger partial charge in [0.05, 0.1) is 13.2 Å². The molecule has 1 rings (SSSR count). The Hall–Kier alpha value is -1.06. The van der Waals surface area contributed by atoms with Crippen molar-refractivity contribution in [1.29, 1.82) is 0 Å². The van der Waals surface area contributed by atoms with Gasteiger partial charge in [0, 0.05) is 19.6 Å². The molecule has 3 heteroatoms.